The van der Waals surface area contributed by atoms with Crippen molar-refractivity contribution in [2.75, 3.05) is 7.05 Å². The molecule has 1 fully saturated rings. The molecule has 1 saturated heterocycles. The molecule has 0 aliphatic carbocycles. The van der Waals surface area contributed by atoms with Gasteiger partial charge in [0, 0.05) is 13.2 Å². The summed E-state index contributed by atoms with van der Waals surface area (Å²) in [6.45, 7) is 9.96. The van der Waals surface area contributed by atoms with E-state index in [-0.39, 0.29) is 11.4 Å². The summed E-state index contributed by atoms with van der Waals surface area (Å²) in [7, 11) is -0.668. The van der Waals surface area contributed by atoms with Crippen molar-refractivity contribution in [3.8, 4) is 0 Å². The van der Waals surface area contributed by atoms with E-state index in [2.05, 4.69) is 10.3 Å². The predicted octanol–water partition coefficient (Wildman–Crippen LogP) is 1.80. The number of hydrogen-bond donors (Lipinski definition) is 1. The predicted molar refractivity (Wildman–Crippen MR) is 119 cm³/mol. The first-order valence-corrected chi connectivity index (χ1v) is 11.7. The van der Waals surface area contributed by atoms with E-state index < -0.39 is 63.1 Å². The molecule has 182 valence electrons. The second kappa shape index (κ2) is 9.98. The van der Waals surface area contributed by atoms with Gasteiger partial charge in [0.1, 0.15) is 27.5 Å². The Morgan fingerprint density at radius 1 is 1.09 bits per heavy atom. The van der Waals surface area contributed by atoms with Crippen LogP contribution in [-0.2, 0) is 34.7 Å². The van der Waals surface area contributed by atoms with Crippen LogP contribution in [0.5, 0.6) is 0 Å². The van der Waals surface area contributed by atoms with Crippen molar-refractivity contribution < 1.29 is 32.9 Å². The molecular formula is C22H31N3O7S. The van der Waals surface area contributed by atoms with Crippen LogP contribution < -0.4 is 5.32 Å². The Kier molecular flexibility index (Phi) is 8.00. The van der Waals surface area contributed by atoms with Gasteiger partial charge in [0.15, 0.2) is 0 Å². The summed E-state index contributed by atoms with van der Waals surface area (Å²) in [6, 6.07) is 3.44. The summed E-state index contributed by atoms with van der Waals surface area (Å²) in [5, 5.41) is 1.32. The number of carbonyl (C=O) groups excluding carboxylic acids is 4. The maximum Gasteiger partial charge on any atom is 0.408 e. The van der Waals surface area contributed by atoms with Crippen LogP contribution in [0.1, 0.15) is 48.0 Å². The molecule has 1 aromatic heterocycles. The lowest BCUT2D eigenvalue weighted by molar-refractivity contribution is -0.158. The number of pyridine rings is 1. The second-order valence-electron chi connectivity index (χ2n) is 9.70. The Labute approximate surface area is 195 Å². The SMILES string of the molecule is CN1C(=O)C(C[C@H](NC(=O)OC(C)(C)C)C(=O)OC(C)(C)C)C(S(=O)c2ccccn2)C1=O. The molecule has 0 radical (unpaired) electrons. The number of hydrogen-bond acceptors (Lipinski definition) is 8. The van der Waals surface area contributed by atoms with Crippen molar-refractivity contribution in [3.63, 3.8) is 0 Å². The quantitative estimate of drug-likeness (QED) is 0.480. The zero-order valence-corrected chi connectivity index (χ0v) is 20.7. The van der Waals surface area contributed by atoms with Crippen molar-refractivity contribution in [3.05, 3.63) is 24.4 Å². The van der Waals surface area contributed by atoms with E-state index in [1.54, 1.807) is 53.7 Å². The molecule has 10 nitrogen and oxygen atoms in total. The van der Waals surface area contributed by atoms with E-state index in [0.29, 0.717) is 0 Å². The van der Waals surface area contributed by atoms with Gasteiger partial charge >= 0.3 is 12.1 Å². The van der Waals surface area contributed by atoms with Crippen LogP contribution in [0.4, 0.5) is 4.79 Å². The third kappa shape index (κ3) is 7.08. The third-order valence-corrected chi connectivity index (χ3v) is 6.18. The first-order valence-electron chi connectivity index (χ1n) is 10.5. The van der Waals surface area contributed by atoms with E-state index in [0.717, 1.165) is 4.90 Å². The zero-order valence-electron chi connectivity index (χ0n) is 19.9. The minimum absolute atomic E-state index is 0.137. The Morgan fingerprint density at radius 2 is 1.70 bits per heavy atom. The van der Waals surface area contributed by atoms with E-state index in [9.17, 15) is 23.4 Å². The summed E-state index contributed by atoms with van der Waals surface area (Å²) in [4.78, 5) is 55.8. The fourth-order valence-electron chi connectivity index (χ4n) is 3.20. The Hall–Kier alpha value is -2.82. The van der Waals surface area contributed by atoms with E-state index >= 15 is 0 Å². The van der Waals surface area contributed by atoms with Crippen LogP contribution in [0.3, 0.4) is 0 Å². The van der Waals surface area contributed by atoms with Gasteiger partial charge in [-0.25, -0.2) is 14.6 Å². The Morgan fingerprint density at radius 3 is 2.21 bits per heavy atom. The molecule has 33 heavy (non-hydrogen) atoms. The summed E-state index contributed by atoms with van der Waals surface area (Å²) in [5.41, 5.74) is -1.70. The first kappa shape index (κ1) is 26.4. The third-order valence-electron chi connectivity index (χ3n) is 4.53. The number of ether oxygens (including phenoxy) is 2. The smallest absolute Gasteiger partial charge is 0.408 e. The van der Waals surface area contributed by atoms with Gasteiger partial charge in [-0.2, -0.15) is 0 Å². The number of nitrogens with one attached hydrogen (secondary N) is 1. The average Bonchev–Trinajstić information content (AvgIpc) is 2.88. The Bertz CT molecular complexity index is 938. The standard InChI is InChI=1S/C22H31N3O7S/c1-21(2,3)31-19(28)14(24-20(29)32-22(4,5)6)12-13-16(18(27)25(7)17(13)26)33(30)15-10-8-9-11-23-15/h8-11,13-14,16H,12H2,1-7H3,(H,24,29)/t13?,14-,16?,33?/m0/s1. The molecule has 2 heterocycles. The minimum Gasteiger partial charge on any atom is -0.458 e. The molecule has 2 rings (SSSR count). The molecule has 0 bridgehead atoms. The van der Waals surface area contributed by atoms with Crippen molar-refractivity contribution >= 4 is 34.7 Å². The molecule has 3 unspecified atom stereocenters. The van der Waals surface area contributed by atoms with Gasteiger partial charge in [-0.1, -0.05) is 6.07 Å². The monoisotopic (exact) mass is 481 g/mol. The topological polar surface area (TPSA) is 132 Å². The lowest BCUT2D eigenvalue weighted by Gasteiger charge is -2.27. The lowest BCUT2D eigenvalue weighted by atomic mass is 9.97. The summed E-state index contributed by atoms with van der Waals surface area (Å²) in [5.74, 6) is -3.19. The fraction of sp³-hybridized carbons (Fsp3) is 0.591. The number of esters is 1. The highest BCUT2D eigenvalue weighted by molar-refractivity contribution is 7.86. The van der Waals surface area contributed by atoms with Crippen LogP contribution in [0.2, 0.25) is 0 Å². The maximum atomic E-state index is 13.2. The van der Waals surface area contributed by atoms with Crippen LogP contribution in [0, 0.1) is 5.92 Å². The maximum absolute atomic E-state index is 13.2. The molecule has 1 aromatic rings. The van der Waals surface area contributed by atoms with Crippen LogP contribution in [0.15, 0.2) is 29.4 Å². The highest BCUT2D eigenvalue weighted by Crippen LogP contribution is 2.30. The molecule has 0 saturated carbocycles. The summed E-state index contributed by atoms with van der Waals surface area (Å²) >= 11 is 0. The summed E-state index contributed by atoms with van der Waals surface area (Å²) < 4.78 is 23.8. The van der Waals surface area contributed by atoms with Gasteiger partial charge in [-0.05, 0) is 60.1 Å². The number of likely N-dealkylation sites (tertiary alicyclic amines) is 1. The average molecular weight is 482 g/mol. The minimum atomic E-state index is -1.96. The van der Waals surface area contributed by atoms with Gasteiger partial charge in [0.2, 0.25) is 11.8 Å². The molecule has 1 N–H and O–H groups in total. The van der Waals surface area contributed by atoms with Gasteiger partial charge < -0.3 is 14.8 Å². The lowest BCUT2D eigenvalue weighted by Crippen LogP contribution is -2.48. The van der Waals surface area contributed by atoms with Gasteiger partial charge in [-0.15, -0.1) is 0 Å². The summed E-state index contributed by atoms with van der Waals surface area (Å²) in [6.07, 6.45) is 0.249. The van der Waals surface area contributed by atoms with Crippen molar-refractivity contribution in [1.82, 2.24) is 15.2 Å². The molecule has 1 aliphatic rings. The van der Waals surface area contributed by atoms with Crippen molar-refractivity contribution in [2.45, 2.75) is 75.5 Å². The largest absolute Gasteiger partial charge is 0.458 e. The second-order valence-corrected chi connectivity index (χ2v) is 11.2. The first-order chi connectivity index (χ1) is 15.1. The molecule has 4 atom stereocenters. The molecule has 11 heteroatoms. The molecule has 3 amide bonds. The number of alkyl carbamates (subject to hydrolysis) is 1. The normalized spacial score (nSPS) is 20.9. The number of rotatable bonds is 6. The fourth-order valence-corrected chi connectivity index (χ4v) is 4.71. The highest BCUT2D eigenvalue weighted by atomic mass is 32.2. The number of aromatic nitrogens is 1. The van der Waals surface area contributed by atoms with E-state index in [4.69, 9.17) is 9.47 Å². The highest BCUT2D eigenvalue weighted by Gasteiger charge is 2.51. The number of amides is 3. The number of imide groups is 1. The van der Waals surface area contributed by atoms with E-state index in [1.807, 2.05) is 0 Å². The van der Waals surface area contributed by atoms with E-state index in [1.165, 1.54) is 19.3 Å². The zero-order chi connectivity index (χ0) is 25.1. The van der Waals surface area contributed by atoms with Crippen molar-refractivity contribution in [2.24, 2.45) is 5.92 Å². The van der Waals surface area contributed by atoms with Gasteiger partial charge in [0.05, 0.1) is 16.7 Å². The van der Waals surface area contributed by atoms with Crippen LogP contribution in [-0.4, -0.2) is 67.5 Å². The van der Waals surface area contributed by atoms with Crippen LogP contribution in [0.25, 0.3) is 0 Å². The van der Waals surface area contributed by atoms with Gasteiger partial charge in [-0.3, -0.25) is 18.7 Å². The number of carbonyl (C=O) groups is 4. The number of nitrogens with zero attached hydrogens (tertiary/aromatic N) is 2. The van der Waals surface area contributed by atoms with Crippen LogP contribution >= 0.6 is 0 Å². The molecule has 1 aliphatic heterocycles. The van der Waals surface area contributed by atoms with Crippen molar-refractivity contribution in [1.29, 1.82) is 0 Å². The molecular weight excluding hydrogens is 450 g/mol. The Balaban J connectivity index is 2.36. The molecule has 0 aromatic carbocycles. The van der Waals surface area contributed by atoms with Gasteiger partial charge in [0.25, 0.3) is 0 Å². The molecule has 0 spiro atoms.